The first-order valence-electron chi connectivity index (χ1n) is 6.08. The largest absolute Gasteiger partial charge is 0.329 e. The van der Waals surface area contributed by atoms with Gasteiger partial charge in [-0.05, 0) is 12.8 Å². The van der Waals surface area contributed by atoms with Gasteiger partial charge >= 0.3 is 0 Å². The zero-order valence-electron chi connectivity index (χ0n) is 10.7. The van der Waals surface area contributed by atoms with Gasteiger partial charge in [0, 0.05) is 18.3 Å². The van der Waals surface area contributed by atoms with Crippen LogP contribution in [0, 0.1) is 0 Å². The fourth-order valence-corrected chi connectivity index (χ4v) is 5.36. The van der Waals surface area contributed by atoms with Crippen molar-refractivity contribution in [3.8, 4) is 0 Å². The summed E-state index contributed by atoms with van der Waals surface area (Å²) in [4.78, 5) is 0. The maximum atomic E-state index is 11.9. The van der Waals surface area contributed by atoms with Crippen molar-refractivity contribution >= 4 is 19.9 Å². The molecule has 0 spiro atoms. The van der Waals surface area contributed by atoms with Crippen molar-refractivity contribution in [3.63, 3.8) is 0 Å². The van der Waals surface area contributed by atoms with Crippen LogP contribution < -0.4 is 10.5 Å². The van der Waals surface area contributed by atoms with Crippen molar-refractivity contribution in [2.24, 2.45) is 5.73 Å². The van der Waals surface area contributed by atoms with Gasteiger partial charge in [-0.2, -0.15) is 0 Å². The van der Waals surface area contributed by atoms with Gasteiger partial charge < -0.3 is 5.73 Å². The van der Waals surface area contributed by atoms with Gasteiger partial charge in [0.25, 0.3) is 0 Å². The standard InChI is InChI=1S/C10H22N2O4S2/c1-17(13,14)7-8-18(15,16)12-10(9-11)5-3-2-4-6-10/h12H,2-9,11H2,1H3. The molecule has 0 aromatic carbocycles. The number of hydrogen-bond acceptors (Lipinski definition) is 5. The summed E-state index contributed by atoms with van der Waals surface area (Å²) in [6, 6.07) is 0. The smallest absolute Gasteiger partial charge is 0.213 e. The highest BCUT2D eigenvalue weighted by molar-refractivity contribution is 7.93. The van der Waals surface area contributed by atoms with E-state index in [0.29, 0.717) is 0 Å². The number of nitrogens with two attached hydrogens (primary N) is 1. The summed E-state index contributed by atoms with van der Waals surface area (Å²) >= 11 is 0. The van der Waals surface area contributed by atoms with Gasteiger partial charge in [0.2, 0.25) is 10.0 Å². The Labute approximate surface area is 109 Å². The Morgan fingerprint density at radius 2 is 1.61 bits per heavy atom. The molecule has 1 saturated carbocycles. The molecule has 6 nitrogen and oxygen atoms in total. The molecule has 1 fully saturated rings. The summed E-state index contributed by atoms with van der Waals surface area (Å²) in [5, 5.41) is 0. The molecule has 0 heterocycles. The lowest BCUT2D eigenvalue weighted by atomic mass is 9.83. The third-order valence-electron chi connectivity index (χ3n) is 3.30. The van der Waals surface area contributed by atoms with Crippen LogP contribution in [0.4, 0.5) is 0 Å². The van der Waals surface area contributed by atoms with Gasteiger partial charge in [-0.25, -0.2) is 21.6 Å². The zero-order chi connectivity index (χ0) is 13.9. The molecule has 0 aromatic rings. The molecule has 0 aliphatic heterocycles. The SMILES string of the molecule is CS(=O)(=O)CCS(=O)(=O)NC1(CN)CCCCC1. The molecule has 0 amide bonds. The van der Waals surface area contributed by atoms with Crippen LogP contribution in [0.1, 0.15) is 32.1 Å². The summed E-state index contributed by atoms with van der Waals surface area (Å²) in [7, 11) is -6.87. The molecule has 1 aliphatic carbocycles. The lowest BCUT2D eigenvalue weighted by molar-refractivity contribution is 0.277. The molecule has 0 saturated heterocycles. The quantitative estimate of drug-likeness (QED) is 0.694. The molecular formula is C10H22N2O4S2. The summed E-state index contributed by atoms with van der Waals surface area (Å²) in [6.07, 6.45) is 5.47. The third kappa shape index (κ3) is 5.21. The molecule has 0 bridgehead atoms. The molecule has 18 heavy (non-hydrogen) atoms. The fourth-order valence-electron chi connectivity index (χ4n) is 2.22. The number of sulfone groups is 1. The highest BCUT2D eigenvalue weighted by Gasteiger charge is 2.34. The molecule has 108 valence electrons. The van der Waals surface area contributed by atoms with Gasteiger partial charge in [-0.1, -0.05) is 19.3 Å². The molecule has 8 heteroatoms. The predicted molar refractivity (Wildman–Crippen MR) is 71.5 cm³/mol. The number of hydrogen-bond donors (Lipinski definition) is 2. The second-order valence-electron chi connectivity index (χ2n) is 5.10. The van der Waals surface area contributed by atoms with E-state index >= 15 is 0 Å². The number of nitrogens with one attached hydrogen (secondary N) is 1. The van der Waals surface area contributed by atoms with Crippen LogP contribution >= 0.6 is 0 Å². The minimum Gasteiger partial charge on any atom is -0.329 e. The minimum absolute atomic E-state index is 0.255. The normalized spacial score (nSPS) is 20.8. The van der Waals surface area contributed by atoms with E-state index in [2.05, 4.69) is 4.72 Å². The topological polar surface area (TPSA) is 106 Å². The highest BCUT2D eigenvalue weighted by atomic mass is 32.2. The summed E-state index contributed by atoms with van der Waals surface area (Å²) < 4.78 is 48.4. The Kier molecular flexibility index (Phi) is 5.16. The number of sulfonamides is 1. The molecule has 1 aliphatic rings. The van der Waals surface area contributed by atoms with E-state index in [9.17, 15) is 16.8 Å². The van der Waals surface area contributed by atoms with E-state index in [1.54, 1.807) is 0 Å². The van der Waals surface area contributed by atoms with Crippen molar-refractivity contribution < 1.29 is 16.8 Å². The van der Waals surface area contributed by atoms with Crippen LogP contribution in [-0.4, -0.2) is 46.7 Å². The van der Waals surface area contributed by atoms with Crippen molar-refractivity contribution in [2.75, 3.05) is 24.3 Å². The molecule has 0 unspecified atom stereocenters. The molecule has 0 atom stereocenters. The van der Waals surface area contributed by atoms with E-state index in [0.717, 1.165) is 38.4 Å². The molecule has 0 aromatic heterocycles. The van der Waals surface area contributed by atoms with Crippen molar-refractivity contribution in [1.82, 2.24) is 4.72 Å². The van der Waals surface area contributed by atoms with Crippen LogP contribution in [-0.2, 0) is 19.9 Å². The van der Waals surface area contributed by atoms with Crippen LogP contribution in [0.15, 0.2) is 0 Å². The Bertz CT molecular complexity index is 464. The van der Waals surface area contributed by atoms with Gasteiger partial charge in [0.1, 0.15) is 9.84 Å². The summed E-state index contributed by atoms with van der Waals surface area (Å²) in [5.74, 6) is -0.753. The molecule has 3 N–H and O–H groups in total. The number of rotatable bonds is 6. The molecular weight excluding hydrogens is 276 g/mol. The van der Waals surface area contributed by atoms with Crippen LogP contribution in [0.2, 0.25) is 0 Å². The van der Waals surface area contributed by atoms with Gasteiger partial charge in [-0.3, -0.25) is 0 Å². The van der Waals surface area contributed by atoms with E-state index < -0.39 is 31.2 Å². The molecule has 1 rings (SSSR count). The monoisotopic (exact) mass is 298 g/mol. The second-order valence-corrected chi connectivity index (χ2v) is 9.20. The molecule has 0 radical (unpaired) electrons. The first-order chi connectivity index (χ1) is 8.18. The Balaban J connectivity index is 2.68. The average Bonchev–Trinajstić information content (AvgIpc) is 2.27. The Morgan fingerprint density at radius 1 is 1.06 bits per heavy atom. The van der Waals surface area contributed by atoms with Gasteiger partial charge in [-0.15, -0.1) is 0 Å². The van der Waals surface area contributed by atoms with Gasteiger partial charge in [0.15, 0.2) is 0 Å². The van der Waals surface area contributed by atoms with Crippen LogP contribution in [0.5, 0.6) is 0 Å². The maximum absolute atomic E-state index is 11.9. The van der Waals surface area contributed by atoms with E-state index in [-0.39, 0.29) is 12.3 Å². The van der Waals surface area contributed by atoms with E-state index in [1.165, 1.54) is 0 Å². The van der Waals surface area contributed by atoms with Crippen molar-refractivity contribution in [2.45, 2.75) is 37.6 Å². The Hall–Kier alpha value is -0.180. The van der Waals surface area contributed by atoms with Crippen LogP contribution in [0.25, 0.3) is 0 Å². The third-order valence-corrected chi connectivity index (χ3v) is 5.99. The van der Waals surface area contributed by atoms with E-state index in [4.69, 9.17) is 5.73 Å². The maximum Gasteiger partial charge on any atom is 0.213 e. The fraction of sp³-hybridized carbons (Fsp3) is 1.00. The first-order valence-corrected chi connectivity index (χ1v) is 9.79. The zero-order valence-corrected chi connectivity index (χ0v) is 12.3. The lowest BCUT2D eigenvalue weighted by Crippen LogP contribution is -2.55. The van der Waals surface area contributed by atoms with Crippen molar-refractivity contribution in [3.05, 3.63) is 0 Å². The minimum atomic E-state index is -3.59. The highest BCUT2D eigenvalue weighted by Crippen LogP contribution is 2.27. The van der Waals surface area contributed by atoms with Crippen LogP contribution in [0.3, 0.4) is 0 Å². The van der Waals surface area contributed by atoms with Crippen molar-refractivity contribution in [1.29, 1.82) is 0 Å². The predicted octanol–water partition coefficient (Wildman–Crippen LogP) is -0.388. The lowest BCUT2D eigenvalue weighted by Gasteiger charge is -2.36. The van der Waals surface area contributed by atoms with Gasteiger partial charge in [0.05, 0.1) is 11.5 Å². The summed E-state index contributed by atoms with van der Waals surface area (Å²) in [6.45, 7) is 0.255. The average molecular weight is 298 g/mol. The Morgan fingerprint density at radius 3 is 2.06 bits per heavy atom. The first kappa shape index (κ1) is 15.9. The summed E-state index contributed by atoms with van der Waals surface area (Å²) in [5.41, 5.74) is 5.11. The second kappa shape index (κ2) is 5.85. The van der Waals surface area contributed by atoms with E-state index in [1.807, 2.05) is 0 Å².